The Morgan fingerprint density at radius 1 is 0.706 bits per heavy atom. The van der Waals surface area contributed by atoms with Gasteiger partial charge in [0.1, 0.15) is 5.38 Å². The van der Waals surface area contributed by atoms with Gasteiger partial charge in [-0.25, -0.2) is 0 Å². The Bertz CT molecular complexity index is 1070. The number of benzene rings is 4. The molecule has 0 aliphatic rings. The molecule has 4 aromatic carbocycles. The Morgan fingerprint density at radius 2 is 1.00 bits per heavy atom. The largest absolute Gasteiger partial charge is 1.00 e. The van der Waals surface area contributed by atoms with Crippen LogP contribution < -0.4 is 41.0 Å². The molecule has 34 heavy (non-hydrogen) atoms. The fraction of sp³-hybridized carbons (Fsp3) is 0.222. The smallest absolute Gasteiger partial charge is 0.870 e. The molecule has 0 heterocycles. The number of carbonyl (C=O) groups is 1. The minimum absolute atomic E-state index is 0. The van der Waals surface area contributed by atoms with Crippen LogP contribution in [0.4, 0.5) is 0 Å². The van der Waals surface area contributed by atoms with Crippen molar-refractivity contribution in [3.8, 4) is 0 Å². The molecule has 0 aromatic heterocycles. The zero-order chi connectivity index (χ0) is 23.7. The fourth-order valence-corrected chi connectivity index (χ4v) is 3.30. The Kier molecular flexibility index (Phi) is 14.9. The molecule has 0 radical (unpaired) electrons. The Balaban J connectivity index is 0.000000499. The maximum atomic E-state index is 9.57. The van der Waals surface area contributed by atoms with Crippen molar-refractivity contribution in [2.24, 2.45) is 11.5 Å². The van der Waals surface area contributed by atoms with Gasteiger partial charge < -0.3 is 22.1 Å². The summed E-state index contributed by atoms with van der Waals surface area (Å²) in [5.74, 6) is -0.975. The van der Waals surface area contributed by atoms with Crippen molar-refractivity contribution >= 4 is 39.1 Å². The average molecular weight is 491 g/mol. The van der Waals surface area contributed by atoms with E-state index in [1.807, 2.05) is 38.1 Å². The molecule has 0 fully saturated rings. The third-order valence-corrected chi connectivity index (χ3v) is 5.15. The molecule has 5 nitrogen and oxygen atoms in total. The molecule has 4 aromatic rings. The second-order valence-electron chi connectivity index (χ2n) is 7.67. The molecule has 0 spiro atoms. The second kappa shape index (κ2) is 15.8. The maximum absolute atomic E-state index is 9.57. The van der Waals surface area contributed by atoms with E-state index in [2.05, 4.69) is 60.7 Å². The van der Waals surface area contributed by atoms with Gasteiger partial charge in [-0.05, 0) is 53.4 Å². The molecule has 0 bridgehead atoms. The summed E-state index contributed by atoms with van der Waals surface area (Å²) in [6.07, 6.45) is 0. The summed E-state index contributed by atoms with van der Waals surface area (Å²) < 4.78 is 0. The molecule has 0 saturated heterocycles. The summed E-state index contributed by atoms with van der Waals surface area (Å²) >= 11 is 5.01. The average Bonchev–Trinajstić information content (AvgIpc) is 2.79. The van der Waals surface area contributed by atoms with Gasteiger partial charge in [0, 0.05) is 12.1 Å². The third kappa shape index (κ3) is 9.35. The molecule has 0 aliphatic heterocycles. The summed E-state index contributed by atoms with van der Waals surface area (Å²) in [5, 5.41) is 12.2. The summed E-state index contributed by atoms with van der Waals surface area (Å²) in [4.78, 5) is 9.57. The van der Waals surface area contributed by atoms with Gasteiger partial charge in [0.05, 0.1) is 0 Å². The molecule has 0 aliphatic carbocycles. The SMILES string of the molecule is C[C@H](Cl)C(=O)O.C[C@H](N)c1cccc2ccccc12.C[C@H](N)c1cccc2ccccc12.[Na+].[OH-]. The van der Waals surface area contributed by atoms with E-state index in [1.54, 1.807) is 0 Å². The first-order valence-corrected chi connectivity index (χ1v) is 11.0. The van der Waals surface area contributed by atoms with Crippen LogP contribution in [0.15, 0.2) is 84.9 Å². The van der Waals surface area contributed by atoms with Crippen LogP contribution in [0.3, 0.4) is 0 Å². The number of carboxylic acid groups (broad SMARTS) is 1. The molecule has 0 amide bonds. The van der Waals surface area contributed by atoms with Gasteiger partial charge in [-0.1, -0.05) is 84.9 Å². The van der Waals surface area contributed by atoms with E-state index in [9.17, 15) is 4.79 Å². The van der Waals surface area contributed by atoms with Crippen LogP contribution in [0.5, 0.6) is 0 Å². The predicted molar refractivity (Wildman–Crippen MR) is 138 cm³/mol. The van der Waals surface area contributed by atoms with E-state index in [4.69, 9.17) is 28.2 Å². The molecule has 4 rings (SSSR count). The van der Waals surface area contributed by atoms with Crippen LogP contribution >= 0.6 is 11.6 Å². The number of hydrogen-bond acceptors (Lipinski definition) is 4. The summed E-state index contributed by atoms with van der Waals surface area (Å²) in [6.45, 7) is 5.44. The Morgan fingerprint density at radius 3 is 1.29 bits per heavy atom. The van der Waals surface area contributed by atoms with Gasteiger partial charge in [0.15, 0.2) is 0 Å². The Hall–Kier alpha value is -1.96. The van der Waals surface area contributed by atoms with E-state index in [0.29, 0.717) is 0 Å². The van der Waals surface area contributed by atoms with E-state index >= 15 is 0 Å². The van der Waals surface area contributed by atoms with Crippen molar-refractivity contribution in [3.63, 3.8) is 0 Å². The van der Waals surface area contributed by atoms with Crippen LogP contribution in [-0.2, 0) is 4.79 Å². The molecule has 0 saturated carbocycles. The van der Waals surface area contributed by atoms with Gasteiger partial charge in [0.25, 0.3) is 0 Å². The van der Waals surface area contributed by atoms with Crippen molar-refractivity contribution in [1.82, 2.24) is 0 Å². The quantitative estimate of drug-likeness (QED) is 0.301. The minimum Gasteiger partial charge on any atom is -0.870 e. The number of rotatable bonds is 3. The number of alkyl halides is 1. The van der Waals surface area contributed by atoms with Crippen LogP contribution in [0, 0.1) is 0 Å². The number of hydrogen-bond donors (Lipinski definition) is 3. The first kappa shape index (κ1) is 32.0. The van der Waals surface area contributed by atoms with Crippen LogP contribution in [0.2, 0.25) is 0 Å². The number of carboxylic acids is 1. The fourth-order valence-electron chi connectivity index (χ4n) is 3.30. The number of nitrogens with two attached hydrogens (primary N) is 2. The zero-order valence-corrected chi connectivity index (χ0v) is 22.9. The van der Waals surface area contributed by atoms with E-state index < -0.39 is 11.3 Å². The molecular formula is C27H32ClN2NaO3. The second-order valence-corrected chi connectivity index (χ2v) is 8.32. The molecule has 7 heteroatoms. The number of aliphatic carboxylic acids is 1. The van der Waals surface area contributed by atoms with Crippen molar-refractivity contribution < 1.29 is 44.9 Å². The number of halogens is 1. The first-order valence-electron chi connectivity index (χ1n) is 10.6. The van der Waals surface area contributed by atoms with Crippen molar-refractivity contribution in [1.29, 1.82) is 0 Å². The van der Waals surface area contributed by atoms with Gasteiger partial charge in [-0.15, -0.1) is 11.6 Å². The molecule has 0 unspecified atom stereocenters. The van der Waals surface area contributed by atoms with E-state index in [-0.39, 0.29) is 47.1 Å². The van der Waals surface area contributed by atoms with E-state index in [0.717, 1.165) is 0 Å². The molecule has 176 valence electrons. The number of fused-ring (bicyclic) bond motifs is 2. The standard InChI is InChI=1S/2C12H13N.C3H5ClO2.Na.H2O/c2*1-9(13)11-8-4-6-10-5-2-3-7-12(10)11;1-2(4)3(5)6;;/h2*2-9H,13H2,1H3;2H,1H3,(H,5,6);;1H2/q;;;+1;/p-1/t2*9-;2-;;/m000../s1. The third-order valence-electron chi connectivity index (χ3n) is 4.97. The van der Waals surface area contributed by atoms with Gasteiger partial charge in [-0.3, -0.25) is 4.79 Å². The van der Waals surface area contributed by atoms with Crippen molar-refractivity contribution in [2.75, 3.05) is 0 Å². The van der Waals surface area contributed by atoms with Crippen LogP contribution in [0.25, 0.3) is 21.5 Å². The molecule has 6 N–H and O–H groups in total. The zero-order valence-electron chi connectivity index (χ0n) is 20.2. The van der Waals surface area contributed by atoms with Gasteiger partial charge in [0.2, 0.25) is 0 Å². The van der Waals surface area contributed by atoms with Gasteiger partial charge >= 0.3 is 35.5 Å². The summed E-state index contributed by atoms with van der Waals surface area (Å²) in [7, 11) is 0. The van der Waals surface area contributed by atoms with Crippen molar-refractivity contribution in [3.05, 3.63) is 96.1 Å². The minimum atomic E-state index is -0.975. The first-order chi connectivity index (χ1) is 15.2. The predicted octanol–water partition coefficient (Wildman–Crippen LogP) is 3.24. The molecular weight excluding hydrogens is 459 g/mol. The Labute approximate surface area is 228 Å². The summed E-state index contributed by atoms with van der Waals surface area (Å²) in [5.41, 5.74) is 14.2. The van der Waals surface area contributed by atoms with Gasteiger partial charge in [-0.2, -0.15) is 0 Å². The van der Waals surface area contributed by atoms with E-state index in [1.165, 1.54) is 39.6 Å². The monoisotopic (exact) mass is 490 g/mol. The normalized spacial score (nSPS) is 12.4. The molecule has 3 atom stereocenters. The topological polar surface area (TPSA) is 119 Å². The van der Waals surface area contributed by atoms with Crippen LogP contribution in [0.1, 0.15) is 44.0 Å². The maximum Gasteiger partial charge on any atom is 1.00 e. The van der Waals surface area contributed by atoms with Crippen molar-refractivity contribution in [2.45, 2.75) is 38.2 Å². The van der Waals surface area contributed by atoms with Crippen LogP contribution in [-0.4, -0.2) is 21.9 Å². The summed E-state index contributed by atoms with van der Waals surface area (Å²) in [6, 6.07) is 29.4.